The second-order valence-electron chi connectivity index (χ2n) is 8.18. The van der Waals surface area contributed by atoms with Crippen LogP contribution < -0.4 is 10.0 Å². The van der Waals surface area contributed by atoms with Gasteiger partial charge in [-0.15, -0.1) is 0 Å². The first-order valence-electron chi connectivity index (χ1n) is 10.4. The smallest absolute Gasteiger partial charge is 0.252 e. The van der Waals surface area contributed by atoms with E-state index in [0.717, 1.165) is 24.0 Å². The molecule has 0 atom stereocenters. The van der Waals surface area contributed by atoms with E-state index in [1.54, 1.807) is 12.1 Å². The van der Waals surface area contributed by atoms with E-state index >= 15 is 0 Å². The standard InChI is InChI=1S/C25H26N2O3S/c1-18-13-16-22(31(29,30)27-21-14-15-21)17-23(18)24(28)26-25(2,19-9-5-3-6-10-19)20-11-7-4-8-12-20/h3-13,16-17,21,27H,14-15H2,1-2H3,(H,26,28). The number of rotatable bonds is 7. The van der Waals surface area contributed by atoms with Crippen molar-refractivity contribution in [3.8, 4) is 0 Å². The Kier molecular flexibility index (Phi) is 5.69. The van der Waals surface area contributed by atoms with Crippen molar-refractivity contribution in [2.75, 3.05) is 0 Å². The monoisotopic (exact) mass is 434 g/mol. The van der Waals surface area contributed by atoms with Gasteiger partial charge in [-0.25, -0.2) is 13.1 Å². The van der Waals surface area contributed by atoms with Gasteiger partial charge in [0.1, 0.15) is 0 Å². The molecule has 6 heteroatoms. The summed E-state index contributed by atoms with van der Waals surface area (Å²) in [5, 5.41) is 3.16. The van der Waals surface area contributed by atoms with Crippen molar-refractivity contribution in [3.05, 3.63) is 101 Å². The van der Waals surface area contributed by atoms with Crippen LogP contribution in [0.2, 0.25) is 0 Å². The molecule has 0 bridgehead atoms. The highest BCUT2D eigenvalue weighted by Crippen LogP contribution is 2.30. The lowest BCUT2D eigenvalue weighted by atomic mass is 9.84. The van der Waals surface area contributed by atoms with Crippen LogP contribution in [0.1, 0.15) is 46.8 Å². The third-order valence-electron chi connectivity index (χ3n) is 5.73. The first kappa shape index (κ1) is 21.3. The molecule has 1 amide bonds. The molecule has 5 nitrogen and oxygen atoms in total. The molecule has 3 aromatic carbocycles. The molecule has 0 heterocycles. The summed E-state index contributed by atoms with van der Waals surface area (Å²) >= 11 is 0. The minimum Gasteiger partial charge on any atom is -0.339 e. The van der Waals surface area contributed by atoms with Crippen LogP contribution in [0, 0.1) is 6.92 Å². The first-order chi connectivity index (χ1) is 14.8. The Morgan fingerprint density at radius 3 is 1.97 bits per heavy atom. The van der Waals surface area contributed by atoms with Gasteiger partial charge in [0.2, 0.25) is 10.0 Å². The third-order valence-corrected chi connectivity index (χ3v) is 7.25. The minimum atomic E-state index is -3.65. The van der Waals surface area contributed by atoms with Crippen molar-refractivity contribution in [2.24, 2.45) is 0 Å². The van der Waals surface area contributed by atoms with Crippen LogP contribution in [0.3, 0.4) is 0 Å². The summed E-state index contributed by atoms with van der Waals surface area (Å²) in [7, 11) is -3.65. The second kappa shape index (κ2) is 8.29. The van der Waals surface area contributed by atoms with Gasteiger partial charge in [0.15, 0.2) is 0 Å². The number of carbonyl (C=O) groups is 1. The molecular weight excluding hydrogens is 408 g/mol. The molecule has 3 aromatic rings. The number of aryl methyl sites for hydroxylation is 1. The van der Waals surface area contributed by atoms with Crippen molar-refractivity contribution < 1.29 is 13.2 Å². The van der Waals surface area contributed by atoms with Gasteiger partial charge < -0.3 is 5.32 Å². The maximum absolute atomic E-state index is 13.4. The van der Waals surface area contributed by atoms with E-state index in [2.05, 4.69) is 10.0 Å². The van der Waals surface area contributed by atoms with Gasteiger partial charge in [-0.1, -0.05) is 66.7 Å². The van der Waals surface area contributed by atoms with Gasteiger partial charge in [0.05, 0.1) is 10.4 Å². The van der Waals surface area contributed by atoms with E-state index in [0.29, 0.717) is 11.1 Å². The molecule has 0 aromatic heterocycles. The summed E-state index contributed by atoms with van der Waals surface area (Å²) in [6, 6.07) is 24.2. The molecular formula is C25H26N2O3S. The van der Waals surface area contributed by atoms with E-state index < -0.39 is 15.6 Å². The average Bonchev–Trinajstić information content (AvgIpc) is 3.58. The molecule has 0 radical (unpaired) electrons. The highest BCUT2D eigenvalue weighted by molar-refractivity contribution is 7.89. The highest BCUT2D eigenvalue weighted by atomic mass is 32.2. The Labute approximate surface area is 183 Å². The topological polar surface area (TPSA) is 75.3 Å². The fourth-order valence-corrected chi connectivity index (χ4v) is 4.98. The number of amides is 1. The second-order valence-corrected chi connectivity index (χ2v) is 9.90. The number of benzene rings is 3. The van der Waals surface area contributed by atoms with Crippen LogP contribution in [-0.2, 0) is 15.6 Å². The molecule has 1 saturated carbocycles. The summed E-state index contributed by atoms with van der Waals surface area (Å²) in [4.78, 5) is 13.5. The molecule has 1 fully saturated rings. The average molecular weight is 435 g/mol. The van der Waals surface area contributed by atoms with E-state index in [9.17, 15) is 13.2 Å². The van der Waals surface area contributed by atoms with Crippen LogP contribution in [0.4, 0.5) is 0 Å². The maximum atomic E-state index is 13.4. The molecule has 0 unspecified atom stereocenters. The minimum absolute atomic E-state index is 0.00281. The lowest BCUT2D eigenvalue weighted by Crippen LogP contribution is -2.44. The van der Waals surface area contributed by atoms with Gasteiger partial charge in [0, 0.05) is 11.6 Å². The Bertz CT molecular complexity index is 1150. The predicted octanol–water partition coefficient (Wildman–Crippen LogP) is 4.13. The SMILES string of the molecule is Cc1ccc(S(=O)(=O)NC2CC2)cc1C(=O)NC(C)(c1ccccc1)c1ccccc1. The summed E-state index contributed by atoms with van der Waals surface area (Å²) in [6.07, 6.45) is 1.70. The first-order valence-corrected chi connectivity index (χ1v) is 11.8. The van der Waals surface area contributed by atoms with Crippen molar-refractivity contribution in [1.82, 2.24) is 10.0 Å². The van der Waals surface area contributed by atoms with E-state index in [1.165, 1.54) is 6.07 Å². The molecule has 1 aliphatic carbocycles. The zero-order chi connectivity index (χ0) is 22.1. The Balaban J connectivity index is 1.70. The molecule has 2 N–H and O–H groups in total. The molecule has 31 heavy (non-hydrogen) atoms. The number of nitrogens with one attached hydrogen (secondary N) is 2. The van der Waals surface area contributed by atoms with E-state index in [-0.39, 0.29) is 16.8 Å². The lowest BCUT2D eigenvalue weighted by Gasteiger charge is -2.32. The molecule has 0 spiro atoms. The van der Waals surface area contributed by atoms with Gasteiger partial charge in [-0.05, 0) is 55.5 Å². The van der Waals surface area contributed by atoms with Crippen LogP contribution in [0.25, 0.3) is 0 Å². The van der Waals surface area contributed by atoms with E-state index in [4.69, 9.17) is 0 Å². The van der Waals surface area contributed by atoms with Crippen LogP contribution in [0.15, 0.2) is 83.8 Å². The Morgan fingerprint density at radius 2 is 1.45 bits per heavy atom. The van der Waals surface area contributed by atoms with Gasteiger partial charge >= 0.3 is 0 Å². The summed E-state index contributed by atoms with van der Waals surface area (Å²) < 4.78 is 28.0. The highest BCUT2D eigenvalue weighted by Gasteiger charge is 2.32. The van der Waals surface area contributed by atoms with Crippen LogP contribution in [0.5, 0.6) is 0 Å². The zero-order valence-electron chi connectivity index (χ0n) is 17.6. The number of hydrogen-bond acceptors (Lipinski definition) is 3. The molecule has 160 valence electrons. The maximum Gasteiger partial charge on any atom is 0.252 e. The van der Waals surface area contributed by atoms with Crippen molar-refractivity contribution >= 4 is 15.9 Å². The van der Waals surface area contributed by atoms with Crippen molar-refractivity contribution in [2.45, 2.75) is 43.2 Å². The van der Waals surface area contributed by atoms with Crippen molar-refractivity contribution in [1.29, 1.82) is 0 Å². The fraction of sp³-hybridized carbons (Fsp3) is 0.240. The van der Waals surface area contributed by atoms with Crippen LogP contribution >= 0.6 is 0 Å². The predicted molar refractivity (Wildman–Crippen MR) is 121 cm³/mol. The molecule has 4 rings (SSSR count). The summed E-state index contributed by atoms with van der Waals surface area (Å²) in [5.41, 5.74) is 2.15. The van der Waals surface area contributed by atoms with Crippen molar-refractivity contribution in [3.63, 3.8) is 0 Å². The van der Waals surface area contributed by atoms with Gasteiger partial charge in [-0.3, -0.25) is 4.79 Å². The third kappa shape index (κ3) is 4.55. The van der Waals surface area contributed by atoms with Gasteiger partial charge in [-0.2, -0.15) is 0 Å². The normalized spacial score (nSPS) is 14.3. The molecule has 1 aliphatic rings. The lowest BCUT2D eigenvalue weighted by molar-refractivity contribution is 0.0918. The summed E-state index contributed by atoms with van der Waals surface area (Å²) in [6.45, 7) is 3.77. The molecule has 0 aliphatic heterocycles. The Hall–Kier alpha value is -2.96. The van der Waals surface area contributed by atoms with Crippen LogP contribution in [-0.4, -0.2) is 20.4 Å². The van der Waals surface area contributed by atoms with Gasteiger partial charge in [0.25, 0.3) is 5.91 Å². The number of sulfonamides is 1. The quantitative estimate of drug-likeness (QED) is 0.587. The largest absolute Gasteiger partial charge is 0.339 e. The van der Waals surface area contributed by atoms with E-state index in [1.807, 2.05) is 74.5 Å². The summed E-state index contributed by atoms with van der Waals surface area (Å²) in [5.74, 6) is -0.323. The number of carbonyl (C=O) groups excluding carboxylic acids is 1. The molecule has 0 saturated heterocycles. The fourth-order valence-electron chi connectivity index (χ4n) is 3.65. The Morgan fingerprint density at radius 1 is 0.903 bits per heavy atom. The zero-order valence-corrected chi connectivity index (χ0v) is 18.4. The number of hydrogen-bond donors (Lipinski definition) is 2.